The van der Waals surface area contributed by atoms with Gasteiger partial charge < -0.3 is 26.8 Å². The Hall–Kier alpha value is -2.22. The predicted octanol–water partition coefficient (Wildman–Crippen LogP) is 2.33. The molecule has 1 saturated carbocycles. The summed E-state index contributed by atoms with van der Waals surface area (Å²) in [5.41, 5.74) is 13.3. The lowest BCUT2D eigenvalue weighted by atomic mass is 9.99. The Labute approximate surface area is 166 Å². The Kier molecular flexibility index (Phi) is 10.4. The van der Waals surface area contributed by atoms with E-state index in [1.165, 1.54) is 0 Å². The third kappa shape index (κ3) is 8.21. The average Bonchev–Trinajstić information content (AvgIpc) is 3.07. The largest absolute Gasteiger partial charge is 0.481 e. The van der Waals surface area contributed by atoms with Crippen LogP contribution < -0.4 is 11.5 Å². The smallest absolute Gasteiger partial charge is 0.320 e. The molecule has 0 spiro atoms. The Morgan fingerprint density at radius 3 is 2.29 bits per heavy atom. The molecule has 0 heterocycles. The minimum atomic E-state index is -0.933. The van der Waals surface area contributed by atoms with Gasteiger partial charge in [-0.25, -0.2) is 0 Å². The first-order valence-electron chi connectivity index (χ1n) is 9.66. The summed E-state index contributed by atoms with van der Waals surface area (Å²) in [5.74, 6) is -2.23. The van der Waals surface area contributed by atoms with Crippen LogP contribution in [-0.2, 0) is 9.59 Å². The van der Waals surface area contributed by atoms with Crippen molar-refractivity contribution in [3.63, 3.8) is 0 Å². The SMILES string of the molecule is CC(C(=O)O)c1ccc(C=C2CCCC2O)cc1.NCCCC[C@H](N)C(=O)O. The van der Waals surface area contributed by atoms with Crippen LogP contribution in [-0.4, -0.2) is 45.9 Å². The van der Waals surface area contributed by atoms with Crippen LogP contribution in [0.5, 0.6) is 0 Å². The van der Waals surface area contributed by atoms with Gasteiger partial charge in [0.15, 0.2) is 0 Å². The van der Waals surface area contributed by atoms with E-state index in [2.05, 4.69) is 0 Å². The summed E-state index contributed by atoms with van der Waals surface area (Å²) in [6, 6.07) is 6.78. The third-order valence-corrected chi connectivity index (χ3v) is 4.82. The molecule has 0 radical (unpaired) electrons. The highest BCUT2D eigenvalue weighted by Crippen LogP contribution is 2.27. The fourth-order valence-corrected chi connectivity index (χ4v) is 2.89. The molecule has 0 bridgehead atoms. The lowest BCUT2D eigenvalue weighted by Gasteiger charge is -2.07. The van der Waals surface area contributed by atoms with E-state index in [0.29, 0.717) is 13.0 Å². The molecule has 2 unspecified atom stereocenters. The van der Waals surface area contributed by atoms with Gasteiger partial charge in [-0.1, -0.05) is 36.8 Å². The lowest BCUT2D eigenvalue weighted by molar-refractivity contribution is -0.139. The summed E-state index contributed by atoms with van der Waals surface area (Å²) in [6.45, 7) is 2.28. The first-order chi connectivity index (χ1) is 13.3. The Bertz CT molecular complexity index is 657. The van der Waals surface area contributed by atoms with Gasteiger partial charge in [-0.3, -0.25) is 9.59 Å². The maximum atomic E-state index is 10.9. The summed E-state index contributed by atoms with van der Waals surface area (Å²) >= 11 is 0. The topological polar surface area (TPSA) is 147 Å². The second kappa shape index (κ2) is 12.3. The number of hydrogen-bond donors (Lipinski definition) is 5. The lowest BCUT2D eigenvalue weighted by Crippen LogP contribution is -2.29. The summed E-state index contributed by atoms with van der Waals surface area (Å²) in [4.78, 5) is 21.0. The van der Waals surface area contributed by atoms with Crippen LogP contribution in [0, 0.1) is 0 Å². The number of aliphatic hydroxyl groups is 1. The van der Waals surface area contributed by atoms with Crippen molar-refractivity contribution >= 4 is 18.0 Å². The average molecular weight is 392 g/mol. The highest BCUT2D eigenvalue weighted by atomic mass is 16.4. The summed E-state index contributed by atoms with van der Waals surface area (Å²) in [6.07, 6.45) is 6.71. The van der Waals surface area contributed by atoms with Crippen LogP contribution in [0.4, 0.5) is 0 Å². The van der Waals surface area contributed by atoms with Gasteiger partial charge >= 0.3 is 11.9 Å². The second-order valence-electron chi connectivity index (χ2n) is 7.08. The van der Waals surface area contributed by atoms with Crippen LogP contribution >= 0.6 is 0 Å². The molecule has 0 aliphatic heterocycles. The van der Waals surface area contributed by atoms with E-state index in [0.717, 1.165) is 48.8 Å². The van der Waals surface area contributed by atoms with Crippen LogP contribution in [0.1, 0.15) is 62.5 Å². The zero-order valence-corrected chi connectivity index (χ0v) is 16.4. The zero-order chi connectivity index (χ0) is 21.1. The standard InChI is InChI=1S/C15H18O3.C6H14N2O2/c1-10(15(17)18)12-7-5-11(6-8-12)9-13-3-2-4-14(13)16;7-4-2-1-3-5(8)6(9)10/h5-10,14,16H,2-4H2,1H3,(H,17,18);5H,1-4,7-8H2,(H,9,10)/t;5-/m.0/s1. The van der Waals surface area contributed by atoms with Gasteiger partial charge in [-0.15, -0.1) is 0 Å². The molecule has 28 heavy (non-hydrogen) atoms. The van der Waals surface area contributed by atoms with Gasteiger partial charge in [0.25, 0.3) is 0 Å². The van der Waals surface area contributed by atoms with Gasteiger partial charge in [0.2, 0.25) is 0 Å². The molecular formula is C21H32N2O5. The molecular weight excluding hydrogens is 360 g/mol. The number of carbonyl (C=O) groups is 2. The third-order valence-electron chi connectivity index (χ3n) is 4.82. The van der Waals surface area contributed by atoms with E-state index in [1.807, 2.05) is 30.3 Å². The van der Waals surface area contributed by atoms with Crippen molar-refractivity contribution in [1.29, 1.82) is 0 Å². The van der Waals surface area contributed by atoms with E-state index in [1.54, 1.807) is 6.92 Å². The van der Waals surface area contributed by atoms with E-state index in [9.17, 15) is 14.7 Å². The zero-order valence-electron chi connectivity index (χ0n) is 16.4. The minimum absolute atomic E-state index is 0.303. The molecule has 0 amide bonds. The molecule has 156 valence electrons. The van der Waals surface area contributed by atoms with E-state index < -0.39 is 23.9 Å². The molecule has 0 aromatic heterocycles. The van der Waals surface area contributed by atoms with Gasteiger partial charge in [-0.05, 0) is 62.3 Å². The highest BCUT2D eigenvalue weighted by molar-refractivity contribution is 5.75. The molecule has 1 aromatic rings. The number of rotatable bonds is 8. The molecule has 1 fully saturated rings. The number of aliphatic carboxylic acids is 2. The fourth-order valence-electron chi connectivity index (χ4n) is 2.89. The molecule has 2 rings (SSSR count). The van der Waals surface area contributed by atoms with Crippen molar-refractivity contribution in [3.8, 4) is 0 Å². The van der Waals surface area contributed by atoms with Gasteiger partial charge in [0.1, 0.15) is 6.04 Å². The van der Waals surface area contributed by atoms with Crippen LogP contribution in [0.25, 0.3) is 6.08 Å². The molecule has 7 N–H and O–H groups in total. The first kappa shape index (κ1) is 23.8. The molecule has 0 saturated heterocycles. The molecule has 7 heteroatoms. The molecule has 3 atom stereocenters. The van der Waals surface area contributed by atoms with Gasteiger partial charge in [0.05, 0.1) is 12.0 Å². The highest BCUT2D eigenvalue weighted by Gasteiger charge is 2.18. The summed E-state index contributed by atoms with van der Waals surface area (Å²) < 4.78 is 0. The number of unbranched alkanes of at least 4 members (excludes halogenated alkanes) is 1. The van der Waals surface area contributed by atoms with Crippen molar-refractivity contribution in [2.45, 2.75) is 63.5 Å². The van der Waals surface area contributed by atoms with Crippen LogP contribution in [0.3, 0.4) is 0 Å². The molecule has 1 aliphatic carbocycles. The monoisotopic (exact) mass is 392 g/mol. The van der Waals surface area contributed by atoms with Crippen molar-refractivity contribution in [2.24, 2.45) is 11.5 Å². The van der Waals surface area contributed by atoms with Crippen LogP contribution in [0.15, 0.2) is 29.8 Å². The van der Waals surface area contributed by atoms with Crippen LogP contribution in [0.2, 0.25) is 0 Å². The fraction of sp³-hybridized carbons (Fsp3) is 0.524. The summed E-state index contributed by atoms with van der Waals surface area (Å²) in [5, 5.41) is 27.0. The van der Waals surface area contributed by atoms with Gasteiger partial charge in [-0.2, -0.15) is 0 Å². The predicted molar refractivity (Wildman–Crippen MR) is 109 cm³/mol. The van der Waals surface area contributed by atoms with Crippen molar-refractivity contribution in [3.05, 3.63) is 41.0 Å². The van der Waals surface area contributed by atoms with Crippen molar-refractivity contribution in [1.82, 2.24) is 0 Å². The number of hydrogen-bond acceptors (Lipinski definition) is 5. The Balaban J connectivity index is 0.000000336. The van der Waals surface area contributed by atoms with Gasteiger partial charge in [0, 0.05) is 0 Å². The second-order valence-corrected chi connectivity index (χ2v) is 7.08. The summed E-state index contributed by atoms with van der Waals surface area (Å²) in [7, 11) is 0. The molecule has 1 aromatic carbocycles. The molecule has 1 aliphatic rings. The Morgan fingerprint density at radius 1 is 1.18 bits per heavy atom. The number of aliphatic hydroxyl groups excluding tert-OH is 1. The number of carboxylic acids is 2. The van der Waals surface area contributed by atoms with Crippen molar-refractivity contribution < 1.29 is 24.9 Å². The molecule has 7 nitrogen and oxygen atoms in total. The van der Waals surface area contributed by atoms with E-state index in [-0.39, 0.29) is 6.10 Å². The maximum absolute atomic E-state index is 10.9. The number of nitrogens with two attached hydrogens (primary N) is 2. The first-order valence-corrected chi connectivity index (χ1v) is 9.66. The quantitative estimate of drug-likeness (QED) is 0.427. The Morgan fingerprint density at radius 2 is 1.82 bits per heavy atom. The normalized spacial score (nSPS) is 19.6. The number of carboxylic acid groups (broad SMARTS) is 2. The van der Waals surface area contributed by atoms with E-state index >= 15 is 0 Å². The van der Waals surface area contributed by atoms with E-state index in [4.69, 9.17) is 21.7 Å². The van der Waals surface area contributed by atoms with Crippen molar-refractivity contribution in [2.75, 3.05) is 6.54 Å². The minimum Gasteiger partial charge on any atom is -0.481 e. The number of benzene rings is 1. The maximum Gasteiger partial charge on any atom is 0.320 e.